The first-order chi connectivity index (χ1) is 8.42. The molecule has 3 aliphatic rings. The van der Waals surface area contributed by atoms with Gasteiger partial charge in [-0.3, -0.25) is 0 Å². The Morgan fingerprint density at radius 2 is 2.06 bits per heavy atom. The Labute approximate surface area is 104 Å². The lowest BCUT2D eigenvalue weighted by Crippen LogP contribution is -3.11. The second kappa shape index (κ2) is 5.51. The van der Waals surface area contributed by atoms with Gasteiger partial charge in [-0.15, -0.1) is 0 Å². The quantitative estimate of drug-likeness (QED) is 0.734. The maximum Gasteiger partial charge on any atom is 0.161 e. The highest BCUT2D eigenvalue weighted by atomic mass is 16.7. The van der Waals surface area contributed by atoms with Crippen LogP contribution < -0.4 is 4.90 Å². The molecular weight excluding hydrogens is 214 g/mol. The average molecular weight is 238 g/mol. The molecule has 2 heterocycles. The molecular formula is C14H24NO2+. The maximum absolute atomic E-state index is 6.09. The van der Waals surface area contributed by atoms with Crippen LogP contribution in [-0.2, 0) is 9.47 Å². The van der Waals surface area contributed by atoms with E-state index in [1.54, 1.807) is 4.90 Å². The highest BCUT2D eigenvalue weighted by Crippen LogP contribution is 2.28. The summed E-state index contributed by atoms with van der Waals surface area (Å²) in [6.45, 7) is 4.63. The summed E-state index contributed by atoms with van der Waals surface area (Å²) in [6.07, 6.45) is 11.3. The molecule has 2 fully saturated rings. The van der Waals surface area contributed by atoms with Gasteiger partial charge in [-0.2, -0.15) is 0 Å². The molecule has 0 unspecified atom stereocenters. The SMILES string of the molecule is C1=CC[C@H]([C@@H]2OC[C@@H](C[NH+]3CCCC3)O2)CC1. The molecule has 2 aliphatic heterocycles. The normalized spacial score (nSPS) is 38.9. The third-order valence-corrected chi connectivity index (χ3v) is 4.29. The van der Waals surface area contributed by atoms with E-state index in [9.17, 15) is 0 Å². The predicted molar refractivity (Wildman–Crippen MR) is 65.9 cm³/mol. The summed E-state index contributed by atoms with van der Waals surface area (Å²) in [6, 6.07) is 0. The van der Waals surface area contributed by atoms with Gasteiger partial charge in [0.05, 0.1) is 19.7 Å². The van der Waals surface area contributed by atoms with Gasteiger partial charge in [-0.25, -0.2) is 0 Å². The summed E-state index contributed by atoms with van der Waals surface area (Å²) in [5.74, 6) is 0.596. The van der Waals surface area contributed by atoms with Gasteiger partial charge in [-0.1, -0.05) is 12.2 Å². The van der Waals surface area contributed by atoms with Crippen molar-refractivity contribution in [2.75, 3.05) is 26.2 Å². The van der Waals surface area contributed by atoms with Crippen LogP contribution in [0.5, 0.6) is 0 Å². The Bertz CT molecular complexity index is 273. The summed E-state index contributed by atoms with van der Waals surface area (Å²) >= 11 is 0. The van der Waals surface area contributed by atoms with Crippen LogP contribution in [0, 0.1) is 5.92 Å². The van der Waals surface area contributed by atoms with Gasteiger partial charge < -0.3 is 14.4 Å². The maximum atomic E-state index is 6.09. The lowest BCUT2D eigenvalue weighted by molar-refractivity contribution is -0.890. The third-order valence-electron chi connectivity index (χ3n) is 4.29. The van der Waals surface area contributed by atoms with Crippen molar-refractivity contribution in [3.05, 3.63) is 12.2 Å². The van der Waals surface area contributed by atoms with E-state index in [0.29, 0.717) is 12.0 Å². The Morgan fingerprint density at radius 3 is 2.82 bits per heavy atom. The molecule has 0 saturated carbocycles. The molecule has 0 amide bonds. The van der Waals surface area contributed by atoms with Crippen molar-refractivity contribution in [2.45, 2.75) is 44.5 Å². The summed E-state index contributed by atoms with van der Waals surface area (Å²) in [4.78, 5) is 1.71. The molecule has 2 saturated heterocycles. The first kappa shape index (κ1) is 11.7. The van der Waals surface area contributed by atoms with Gasteiger partial charge in [-0.05, 0) is 19.3 Å². The molecule has 0 aromatic heterocycles. The van der Waals surface area contributed by atoms with Crippen molar-refractivity contribution in [2.24, 2.45) is 5.92 Å². The smallest absolute Gasteiger partial charge is 0.161 e. The largest absolute Gasteiger partial charge is 0.349 e. The highest BCUT2D eigenvalue weighted by Gasteiger charge is 2.34. The zero-order chi connectivity index (χ0) is 11.5. The topological polar surface area (TPSA) is 22.9 Å². The van der Waals surface area contributed by atoms with Crippen molar-refractivity contribution < 1.29 is 14.4 Å². The zero-order valence-electron chi connectivity index (χ0n) is 10.6. The van der Waals surface area contributed by atoms with Crippen LogP contribution in [0.3, 0.4) is 0 Å². The number of hydrogen-bond acceptors (Lipinski definition) is 2. The number of nitrogens with one attached hydrogen (secondary N) is 1. The van der Waals surface area contributed by atoms with Crippen LogP contribution in [0.1, 0.15) is 32.1 Å². The number of allylic oxidation sites excluding steroid dienone is 2. The van der Waals surface area contributed by atoms with Crippen molar-refractivity contribution >= 4 is 0 Å². The minimum absolute atomic E-state index is 0.0759. The van der Waals surface area contributed by atoms with E-state index in [-0.39, 0.29) is 6.29 Å². The fourth-order valence-corrected chi connectivity index (χ4v) is 3.29. The highest BCUT2D eigenvalue weighted by molar-refractivity contribution is 4.91. The van der Waals surface area contributed by atoms with Gasteiger partial charge in [0.15, 0.2) is 6.29 Å². The Kier molecular flexibility index (Phi) is 3.79. The predicted octanol–water partition coefficient (Wildman–Crippen LogP) is 0.763. The molecule has 3 atom stereocenters. The molecule has 3 nitrogen and oxygen atoms in total. The second-order valence-corrected chi connectivity index (χ2v) is 5.67. The minimum Gasteiger partial charge on any atom is -0.349 e. The molecule has 0 aromatic carbocycles. The molecule has 0 radical (unpaired) electrons. The summed E-state index contributed by atoms with van der Waals surface area (Å²) in [7, 11) is 0. The van der Waals surface area contributed by atoms with E-state index in [4.69, 9.17) is 9.47 Å². The fourth-order valence-electron chi connectivity index (χ4n) is 3.29. The van der Waals surface area contributed by atoms with E-state index < -0.39 is 0 Å². The van der Waals surface area contributed by atoms with Crippen LogP contribution in [0.4, 0.5) is 0 Å². The fraction of sp³-hybridized carbons (Fsp3) is 0.857. The first-order valence-corrected chi connectivity index (χ1v) is 7.17. The number of ether oxygens (including phenoxy) is 2. The zero-order valence-corrected chi connectivity index (χ0v) is 10.6. The Balaban J connectivity index is 1.46. The Morgan fingerprint density at radius 1 is 1.18 bits per heavy atom. The third kappa shape index (κ3) is 2.90. The summed E-state index contributed by atoms with van der Waals surface area (Å²) in [5, 5.41) is 0. The average Bonchev–Trinajstić information content (AvgIpc) is 3.02. The lowest BCUT2D eigenvalue weighted by atomic mass is 9.94. The monoisotopic (exact) mass is 238 g/mol. The molecule has 17 heavy (non-hydrogen) atoms. The molecule has 96 valence electrons. The molecule has 1 N–H and O–H groups in total. The van der Waals surface area contributed by atoms with E-state index in [0.717, 1.165) is 19.6 Å². The van der Waals surface area contributed by atoms with Gasteiger partial charge in [0.2, 0.25) is 0 Å². The van der Waals surface area contributed by atoms with Crippen LogP contribution in [0.15, 0.2) is 12.2 Å². The number of quaternary nitrogens is 1. The molecule has 0 aromatic rings. The van der Waals surface area contributed by atoms with E-state index >= 15 is 0 Å². The minimum atomic E-state index is 0.0759. The van der Waals surface area contributed by atoms with E-state index in [2.05, 4.69) is 12.2 Å². The van der Waals surface area contributed by atoms with Gasteiger partial charge >= 0.3 is 0 Å². The van der Waals surface area contributed by atoms with Gasteiger partial charge in [0.1, 0.15) is 12.6 Å². The standard InChI is InChI=1S/C14H23NO2/c1-2-6-12(7-3-1)14-16-11-13(17-14)10-15-8-4-5-9-15/h1-2,12-14H,3-11H2/p+1/t12-,13+,14+/m0/s1. The van der Waals surface area contributed by atoms with Gasteiger partial charge in [0, 0.05) is 18.8 Å². The lowest BCUT2D eigenvalue weighted by Gasteiger charge is -2.23. The summed E-state index contributed by atoms with van der Waals surface area (Å²) < 4.78 is 11.9. The number of rotatable bonds is 3. The van der Waals surface area contributed by atoms with E-state index in [1.807, 2.05) is 0 Å². The molecule has 1 aliphatic carbocycles. The van der Waals surface area contributed by atoms with Crippen molar-refractivity contribution in [1.82, 2.24) is 0 Å². The second-order valence-electron chi connectivity index (χ2n) is 5.67. The van der Waals surface area contributed by atoms with Crippen molar-refractivity contribution in [1.29, 1.82) is 0 Å². The van der Waals surface area contributed by atoms with Crippen LogP contribution in [-0.4, -0.2) is 38.6 Å². The number of hydrogen-bond donors (Lipinski definition) is 1. The summed E-state index contributed by atoms with van der Waals surface area (Å²) in [5.41, 5.74) is 0. The molecule has 0 bridgehead atoms. The first-order valence-electron chi connectivity index (χ1n) is 7.17. The molecule has 0 spiro atoms. The van der Waals surface area contributed by atoms with Crippen molar-refractivity contribution in [3.8, 4) is 0 Å². The van der Waals surface area contributed by atoms with Crippen molar-refractivity contribution in [3.63, 3.8) is 0 Å². The molecule has 3 heteroatoms. The molecule has 3 rings (SSSR count). The van der Waals surface area contributed by atoms with Crippen LogP contribution >= 0.6 is 0 Å². The van der Waals surface area contributed by atoms with Crippen LogP contribution in [0.2, 0.25) is 0 Å². The van der Waals surface area contributed by atoms with Gasteiger partial charge in [0.25, 0.3) is 0 Å². The Hall–Kier alpha value is -0.380. The van der Waals surface area contributed by atoms with Crippen LogP contribution in [0.25, 0.3) is 0 Å². The number of likely N-dealkylation sites (tertiary alicyclic amines) is 1. The van der Waals surface area contributed by atoms with E-state index in [1.165, 1.54) is 38.8 Å².